The van der Waals surface area contributed by atoms with E-state index in [2.05, 4.69) is 52.1 Å². The molecule has 1 heterocycles. The van der Waals surface area contributed by atoms with E-state index >= 15 is 0 Å². The average Bonchev–Trinajstić information content (AvgIpc) is 3.41. The van der Waals surface area contributed by atoms with Crippen molar-refractivity contribution in [2.24, 2.45) is 51.9 Å². The van der Waals surface area contributed by atoms with E-state index in [1.165, 1.54) is 64.0 Å². The molecule has 5 saturated carbocycles. The van der Waals surface area contributed by atoms with Crippen molar-refractivity contribution >= 4 is 5.97 Å². The van der Waals surface area contributed by atoms with Crippen molar-refractivity contribution in [3.8, 4) is 0 Å². The van der Waals surface area contributed by atoms with Crippen LogP contribution in [-0.4, -0.2) is 35.2 Å². The zero-order valence-corrected chi connectivity index (χ0v) is 25.8. The minimum absolute atomic E-state index is 0.00353. The number of rotatable bonds is 3. The Kier molecular flexibility index (Phi) is 5.72. The number of benzene rings is 1. The second kappa shape index (κ2) is 8.35. The van der Waals surface area contributed by atoms with Gasteiger partial charge in [-0.3, -0.25) is 0 Å². The van der Waals surface area contributed by atoms with Gasteiger partial charge in [0.2, 0.25) is 0 Å². The maximum absolute atomic E-state index is 12.0. The highest BCUT2D eigenvalue weighted by molar-refractivity contribution is 5.89. The highest BCUT2D eigenvalue weighted by Gasteiger charge is 2.82. The van der Waals surface area contributed by atoms with Gasteiger partial charge in [-0.2, -0.15) is 0 Å². The summed E-state index contributed by atoms with van der Waals surface area (Å²) in [6.45, 7) is 12.6. The van der Waals surface area contributed by atoms with Crippen LogP contribution < -0.4 is 16.8 Å². The Labute approximate surface area is 241 Å². The summed E-state index contributed by atoms with van der Waals surface area (Å²) in [4.78, 5) is 12.0. The summed E-state index contributed by atoms with van der Waals surface area (Å²) >= 11 is 0. The lowest BCUT2D eigenvalue weighted by Crippen LogP contribution is -2.75. The molecule has 0 radical (unpaired) electrons. The molecule has 1 spiro atoms. The van der Waals surface area contributed by atoms with Crippen LogP contribution in [0.4, 0.5) is 0 Å². The summed E-state index contributed by atoms with van der Waals surface area (Å²) in [7, 11) is 1.45. The second-order valence-corrected chi connectivity index (χ2v) is 16.3. The Morgan fingerprint density at radius 2 is 1.62 bits per heavy atom. The minimum atomic E-state index is -0.264. The fraction of sp³-hybridized carbons (Fsp3) is 0.800. The van der Waals surface area contributed by atoms with Crippen molar-refractivity contribution in [2.45, 2.75) is 127 Å². The zero-order valence-electron chi connectivity index (χ0n) is 25.8. The van der Waals surface area contributed by atoms with Gasteiger partial charge in [0, 0.05) is 28.1 Å². The summed E-state index contributed by atoms with van der Waals surface area (Å²) in [5, 5.41) is 4.21. The second-order valence-electron chi connectivity index (χ2n) is 16.3. The molecule has 2 unspecified atom stereocenters. The highest BCUT2D eigenvalue weighted by atomic mass is 16.5. The van der Waals surface area contributed by atoms with E-state index in [1.807, 2.05) is 12.1 Å². The monoisotopic (exact) mass is 547 g/mol. The molecule has 220 valence electrons. The molecule has 0 bridgehead atoms. The first-order valence-corrected chi connectivity index (χ1v) is 16.4. The van der Waals surface area contributed by atoms with E-state index in [9.17, 15) is 4.79 Å². The number of hydrogen-bond donors (Lipinski definition) is 3. The van der Waals surface area contributed by atoms with Gasteiger partial charge in [-0.05, 0) is 129 Å². The molecule has 5 nitrogen and oxygen atoms in total. The van der Waals surface area contributed by atoms with Crippen LogP contribution in [0.3, 0.4) is 0 Å². The van der Waals surface area contributed by atoms with Crippen LogP contribution in [0.1, 0.15) is 121 Å². The quantitative estimate of drug-likeness (QED) is 0.311. The fourth-order valence-corrected chi connectivity index (χ4v) is 12.9. The number of esters is 1. The van der Waals surface area contributed by atoms with Crippen molar-refractivity contribution in [2.75, 3.05) is 7.11 Å². The normalized spacial score (nSPS) is 52.6. The van der Waals surface area contributed by atoms with Gasteiger partial charge in [0.25, 0.3) is 0 Å². The number of hydrogen-bond acceptors (Lipinski definition) is 5. The number of nitrogens with one attached hydrogen (secondary N) is 1. The zero-order chi connectivity index (χ0) is 28.5. The van der Waals surface area contributed by atoms with Crippen LogP contribution >= 0.6 is 0 Å². The third kappa shape index (κ3) is 3.08. The average molecular weight is 548 g/mol. The summed E-state index contributed by atoms with van der Waals surface area (Å²) < 4.78 is 4.94. The predicted molar refractivity (Wildman–Crippen MR) is 160 cm³/mol. The third-order valence-corrected chi connectivity index (χ3v) is 15.1. The van der Waals surface area contributed by atoms with Crippen LogP contribution in [0, 0.1) is 40.4 Å². The van der Waals surface area contributed by atoms with Gasteiger partial charge in [0.1, 0.15) is 0 Å². The lowest BCUT2D eigenvalue weighted by Gasteiger charge is -2.71. The highest BCUT2D eigenvalue weighted by Crippen LogP contribution is 2.77. The van der Waals surface area contributed by atoms with Crippen LogP contribution in [0.25, 0.3) is 0 Å². The molecule has 11 atom stereocenters. The van der Waals surface area contributed by atoms with E-state index in [-0.39, 0.29) is 39.0 Å². The number of fused-ring (bicyclic) bond motifs is 6. The van der Waals surface area contributed by atoms with Crippen molar-refractivity contribution in [3.63, 3.8) is 0 Å². The van der Waals surface area contributed by atoms with E-state index < -0.39 is 0 Å². The molecular weight excluding hydrogens is 494 g/mol. The number of carbonyl (C=O) groups excluding carboxylic acids is 1. The lowest BCUT2D eigenvalue weighted by atomic mass is 9.35. The van der Waals surface area contributed by atoms with Crippen molar-refractivity contribution in [1.82, 2.24) is 5.32 Å². The standard InChI is InChI=1S/C35H53N3O2/c1-21(2)24-13-16-33(36)18-19-34(37)26(28(24)33)11-12-27-30(34,3)17-20-35-31(27,4)15-14-25(32(35,5)38-35)22-7-9-23(10-8-22)29(39)40-6/h7-10,21,24-28,38H,11-20,36-37H2,1-6H3/t24-,25?,26+,27-,28+,30+,31+,32?,33-,34-,35-/m0/s1. The Morgan fingerprint density at radius 1 is 0.900 bits per heavy atom. The summed E-state index contributed by atoms with van der Waals surface area (Å²) in [5.74, 6) is 3.37. The number of methoxy groups -OCH3 is 1. The van der Waals surface area contributed by atoms with Gasteiger partial charge in [-0.25, -0.2) is 4.79 Å². The van der Waals surface area contributed by atoms with Crippen LogP contribution in [-0.2, 0) is 4.74 Å². The first kappa shape index (κ1) is 27.4. The number of ether oxygens (including phenoxy) is 1. The predicted octanol–water partition coefficient (Wildman–Crippen LogP) is 6.15. The first-order chi connectivity index (χ1) is 18.8. The fourth-order valence-electron chi connectivity index (χ4n) is 12.9. The molecule has 0 amide bonds. The van der Waals surface area contributed by atoms with Gasteiger partial charge < -0.3 is 21.5 Å². The molecule has 1 aromatic carbocycles. The molecule has 6 aliphatic rings. The topological polar surface area (TPSA) is 100 Å². The summed E-state index contributed by atoms with van der Waals surface area (Å²) in [6.07, 6.45) is 12.1. The number of nitrogens with two attached hydrogens (primary N) is 2. The minimum Gasteiger partial charge on any atom is -0.465 e. The maximum atomic E-state index is 12.0. The van der Waals surface area contributed by atoms with Gasteiger partial charge >= 0.3 is 5.97 Å². The van der Waals surface area contributed by atoms with Gasteiger partial charge in [-0.1, -0.05) is 39.8 Å². The van der Waals surface area contributed by atoms with Gasteiger partial charge in [-0.15, -0.1) is 0 Å². The van der Waals surface area contributed by atoms with E-state index in [0.717, 1.165) is 18.8 Å². The molecule has 5 heteroatoms. The Bertz CT molecular complexity index is 1220. The molecule has 0 aromatic heterocycles. The molecule has 1 saturated heterocycles. The Morgan fingerprint density at radius 3 is 2.30 bits per heavy atom. The molecule has 6 fully saturated rings. The lowest BCUT2D eigenvalue weighted by molar-refractivity contribution is -0.176. The molecule has 1 aromatic rings. The van der Waals surface area contributed by atoms with Gasteiger partial charge in [0.15, 0.2) is 0 Å². The molecule has 5 N–H and O–H groups in total. The summed E-state index contributed by atoms with van der Waals surface area (Å²) in [6, 6.07) is 8.22. The Balaban J connectivity index is 1.20. The van der Waals surface area contributed by atoms with E-state index in [4.69, 9.17) is 16.2 Å². The molecular formula is C35H53N3O2. The molecule has 7 rings (SSSR count). The molecule has 40 heavy (non-hydrogen) atoms. The summed E-state index contributed by atoms with van der Waals surface area (Å²) in [5.41, 5.74) is 17.6. The SMILES string of the molecule is COC(=O)c1ccc(C2CC[C@]3(C)[C@H]4CC[C@@H]5[C@H]6[C@H](C(C)C)CC[C@]6(N)CC[C@@]5(N)[C@]4(C)CC[C@]34NC24C)cc1. The molecule has 5 aliphatic carbocycles. The largest absolute Gasteiger partial charge is 0.465 e. The van der Waals surface area contributed by atoms with Gasteiger partial charge in [0.05, 0.1) is 12.7 Å². The van der Waals surface area contributed by atoms with Crippen LogP contribution in [0.2, 0.25) is 0 Å². The first-order valence-electron chi connectivity index (χ1n) is 16.4. The van der Waals surface area contributed by atoms with Crippen LogP contribution in [0.15, 0.2) is 24.3 Å². The van der Waals surface area contributed by atoms with Crippen molar-refractivity contribution < 1.29 is 9.53 Å². The number of carbonyl (C=O) groups is 1. The van der Waals surface area contributed by atoms with E-state index in [1.54, 1.807) is 0 Å². The third-order valence-electron chi connectivity index (χ3n) is 15.1. The maximum Gasteiger partial charge on any atom is 0.337 e. The van der Waals surface area contributed by atoms with Crippen molar-refractivity contribution in [1.29, 1.82) is 0 Å². The smallest absolute Gasteiger partial charge is 0.337 e. The van der Waals surface area contributed by atoms with E-state index in [0.29, 0.717) is 35.2 Å². The molecule has 1 aliphatic heterocycles. The van der Waals surface area contributed by atoms with Crippen molar-refractivity contribution in [3.05, 3.63) is 35.4 Å². The Hall–Kier alpha value is -1.43. The van der Waals surface area contributed by atoms with Crippen LogP contribution in [0.5, 0.6) is 0 Å².